The van der Waals surface area contributed by atoms with E-state index >= 15 is 0 Å². The largest absolute Gasteiger partial charge is 0.394 e. The van der Waals surface area contributed by atoms with Gasteiger partial charge in [0.1, 0.15) is 67.1 Å². The number of ether oxygens (including phenoxy) is 6. The summed E-state index contributed by atoms with van der Waals surface area (Å²) in [6, 6.07) is 0. The van der Waals surface area contributed by atoms with E-state index in [9.17, 15) is 61.3 Å². The van der Waals surface area contributed by atoms with Crippen molar-refractivity contribution >= 4 is 0 Å². The van der Waals surface area contributed by atoms with Crippen molar-refractivity contribution in [2.45, 2.75) is 217 Å². The monoisotopic (exact) mass is 933 g/mol. The Balaban J connectivity index is 1.27. The normalized spacial score (nSPS) is 53.0. The summed E-state index contributed by atoms with van der Waals surface area (Å²) in [6.45, 7) is 15.0. The number of rotatable bonds is 12. The van der Waals surface area contributed by atoms with Gasteiger partial charge in [-0.25, -0.2) is 0 Å². The molecule has 18 heteroatoms. The molecule has 7 fully saturated rings. The van der Waals surface area contributed by atoms with Crippen molar-refractivity contribution in [3.05, 3.63) is 11.6 Å². The first kappa shape index (κ1) is 51.9. The van der Waals surface area contributed by atoms with Crippen molar-refractivity contribution in [2.24, 2.45) is 45.3 Å². The van der Waals surface area contributed by atoms with E-state index in [4.69, 9.17) is 28.4 Å². The van der Waals surface area contributed by atoms with Crippen molar-refractivity contribution in [1.82, 2.24) is 0 Å². The highest BCUT2D eigenvalue weighted by atomic mass is 16.8. The van der Waals surface area contributed by atoms with Gasteiger partial charge in [0.2, 0.25) is 0 Å². The lowest BCUT2D eigenvalue weighted by molar-refractivity contribution is -0.377. The molecule has 2 unspecified atom stereocenters. The van der Waals surface area contributed by atoms with Gasteiger partial charge in [-0.1, -0.05) is 46.3 Å². The fourth-order valence-electron chi connectivity index (χ4n) is 14.6. The van der Waals surface area contributed by atoms with Crippen LogP contribution in [0.4, 0.5) is 0 Å². The molecule has 0 amide bonds. The summed E-state index contributed by atoms with van der Waals surface area (Å²) in [7, 11) is 0. The van der Waals surface area contributed by atoms with Crippen molar-refractivity contribution in [3.63, 3.8) is 0 Å². The Morgan fingerprint density at radius 1 is 0.692 bits per heavy atom. The smallest absolute Gasteiger partial charge is 0.187 e. The first-order valence-corrected chi connectivity index (χ1v) is 23.9. The number of hydrogen-bond acceptors (Lipinski definition) is 18. The summed E-state index contributed by atoms with van der Waals surface area (Å²) in [6.07, 6.45) is -17.2. The van der Waals surface area contributed by atoms with Crippen LogP contribution in [0.25, 0.3) is 0 Å². The number of hydrogen-bond donors (Lipinski definition) is 12. The number of fused-ring (bicyclic) bond motifs is 5. The first-order valence-electron chi connectivity index (χ1n) is 23.9. The molecule has 12 N–H and O–H groups in total. The van der Waals surface area contributed by atoms with E-state index in [1.165, 1.54) is 0 Å². The van der Waals surface area contributed by atoms with E-state index in [0.29, 0.717) is 51.4 Å². The molecule has 0 aromatic carbocycles. The van der Waals surface area contributed by atoms with Crippen molar-refractivity contribution in [2.75, 3.05) is 19.8 Å². The van der Waals surface area contributed by atoms with Gasteiger partial charge in [0, 0.05) is 0 Å². The molecule has 3 aliphatic heterocycles. The molecule has 0 bridgehead atoms. The Hall–Kier alpha value is -0.980. The summed E-state index contributed by atoms with van der Waals surface area (Å²) in [5, 5.41) is 131. The Morgan fingerprint density at radius 2 is 1.31 bits per heavy atom. The van der Waals surface area contributed by atoms with Gasteiger partial charge in [-0.2, -0.15) is 0 Å². The predicted molar refractivity (Wildman–Crippen MR) is 229 cm³/mol. The van der Waals surface area contributed by atoms with Gasteiger partial charge in [-0.3, -0.25) is 0 Å². The third-order valence-corrected chi connectivity index (χ3v) is 18.3. The van der Waals surface area contributed by atoms with Gasteiger partial charge in [-0.05, 0) is 117 Å². The second-order valence-electron chi connectivity index (χ2n) is 22.6. The van der Waals surface area contributed by atoms with Crippen molar-refractivity contribution < 1.29 is 89.7 Å². The maximum absolute atomic E-state index is 12.7. The molecule has 0 radical (unpaired) electrons. The first-order chi connectivity index (χ1) is 30.3. The van der Waals surface area contributed by atoms with E-state index < -0.39 is 145 Å². The quantitative estimate of drug-likeness (QED) is 0.0874. The van der Waals surface area contributed by atoms with Crippen molar-refractivity contribution in [3.8, 4) is 0 Å². The Bertz CT molecular complexity index is 1660. The lowest BCUT2D eigenvalue weighted by Gasteiger charge is -2.72. The molecule has 0 aromatic rings. The minimum Gasteiger partial charge on any atom is -0.394 e. The van der Waals surface area contributed by atoms with E-state index in [1.54, 1.807) is 0 Å². The van der Waals surface area contributed by atoms with Crippen LogP contribution in [0.2, 0.25) is 0 Å². The van der Waals surface area contributed by atoms with Gasteiger partial charge in [0.05, 0.1) is 43.7 Å². The maximum atomic E-state index is 12.7. The molecule has 25 atom stereocenters. The SMILES string of the molecule is CC(C)=CCC[C@@](C)(O[C@@H]1O[C@H](CO)[C@@H](O)[C@H](O)[C@H]1O)C1CC[C@]2(C)[C@@H]1[C@@H](O)C[C@@H]1[C@@]3(C)CC[C@@H](O)C(C)(C)C3[C@H](O[C@@H]3O[C@H](CO)[C@@H](O)[C@H](O)[C@H]3O[C@@H]3OC[C@@H](O)[C@H](O)[C@H]3O)C[C@]12C. The zero-order valence-corrected chi connectivity index (χ0v) is 39.3. The van der Waals surface area contributed by atoms with Crippen LogP contribution in [0.15, 0.2) is 11.6 Å². The fraction of sp³-hybridized carbons (Fsp3) is 0.957. The molecule has 7 rings (SSSR count). The average Bonchev–Trinajstić information content (AvgIpc) is 3.63. The zero-order chi connectivity index (χ0) is 47.9. The molecule has 18 nitrogen and oxygen atoms in total. The molecule has 0 aromatic heterocycles. The van der Waals surface area contributed by atoms with E-state index in [0.717, 1.165) is 5.57 Å². The summed E-state index contributed by atoms with van der Waals surface area (Å²) in [5.74, 6) is -1.11. The summed E-state index contributed by atoms with van der Waals surface area (Å²) < 4.78 is 37.7. The Kier molecular flexibility index (Phi) is 15.1. The number of allylic oxidation sites excluding steroid dienone is 2. The Morgan fingerprint density at radius 3 is 1.94 bits per heavy atom. The Labute approximate surface area is 382 Å². The molecular formula is C47H80O18. The second kappa shape index (κ2) is 19.0. The fourth-order valence-corrected chi connectivity index (χ4v) is 14.6. The van der Waals surface area contributed by atoms with Gasteiger partial charge < -0.3 is 89.7 Å². The topological polar surface area (TPSA) is 298 Å². The molecule has 7 aliphatic rings. The number of aliphatic hydroxyl groups excluding tert-OH is 12. The summed E-state index contributed by atoms with van der Waals surface area (Å²) in [4.78, 5) is 0. The molecule has 4 aliphatic carbocycles. The predicted octanol–water partition coefficient (Wildman–Crippen LogP) is -0.417. The van der Waals surface area contributed by atoms with Gasteiger partial charge in [0.25, 0.3) is 0 Å². The van der Waals surface area contributed by atoms with Crippen LogP contribution < -0.4 is 0 Å². The third kappa shape index (κ3) is 8.72. The van der Waals surface area contributed by atoms with Crippen LogP contribution in [-0.2, 0) is 28.4 Å². The average molecular weight is 933 g/mol. The summed E-state index contributed by atoms with van der Waals surface area (Å²) in [5.41, 5.74) is -2.41. The lowest BCUT2D eigenvalue weighted by Crippen LogP contribution is -2.71. The summed E-state index contributed by atoms with van der Waals surface area (Å²) >= 11 is 0. The van der Waals surface area contributed by atoms with E-state index in [1.807, 2.05) is 34.6 Å². The van der Waals surface area contributed by atoms with Gasteiger partial charge >= 0.3 is 0 Å². The highest BCUT2D eigenvalue weighted by molar-refractivity contribution is 5.22. The van der Waals surface area contributed by atoms with Crippen LogP contribution in [0.3, 0.4) is 0 Å². The molecule has 376 valence electrons. The minimum absolute atomic E-state index is 0.0828. The molecular weight excluding hydrogens is 852 g/mol. The molecule has 3 heterocycles. The molecule has 0 spiro atoms. The molecule has 3 saturated heterocycles. The van der Waals surface area contributed by atoms with Crippen LogP contribution >= 0.6 is 0 Å². The van der Waals surface area contributed by atoms with E-state index in [2.05, 4.69) is 26.8 Å². The zero-order valence-electron chi connectivity index (χ0n) is 39.3. The third-order valence-electron chi connectivity index (χ3n) is 18.3. The standard InChI is InChI=1S/C47H80O18/c1-21(2)10-9-13-47(8,65-41-37(59)34(56)32(54)26(18-48)62-41)22-11-15-45(6)30(22)23(50)16-28-44(5)14-12-29(52)43(3,4)39(44)25(17-46(28,45)7)61-42-38(35(57)33(55)27(19-49)63-42)64-40-36(58)31(53)24(51)20-60-40/h10,22-42,48-59H,9,11-20H2,1-8H3/t22?,23-,24+,25+,26+,27+,28+,29+,30-,31-,32+,33+,34-,35-,36+,37+,38+,39?,40-,41-,42+,44+,45+,46+,47+/m0/s1. The molecule has 4 saturated carbocycles. The second-order valence-corrected chi connectivity index (χ2v) is 22.6. The molecule has 65 heavy (non-hydrogen) atoms. The van der Waals surface area contributed by atoms with Crippen LogP contribution in [0.1, 0.15) is 107 Å². The highest BCUT2D eigenvalue weighted by Crippen LogP contribution is 2.76. The van der Waals surface area contributed by atoms with Crippen LogP contribution in [-0.4, -0.2) is 191 Å². The van der Waals surface area contributed by atoms with Crippen LogP contribution in [0.5, 0.6) is 0 Å². The maximum Gasteiger partial charge on any atom is 0.187 e. The van der Waals surface area contributed by atoms with Crippen LogP contribution in [0, 0.1) is 45.3 Å². The highest BCUT2D eigenvalue weighted by Gasteiger charge is 2.74. The van der Waals surface area contributed by atoms with Crippen molar-refractivity contribution in [1.29, 1.82) is 0 Å². The lowest BCUT2D eigenvalue weighted by atomic mass is 9.34. The minimum atomic E-state index is -1.73. The van der Waals surface area contributed by atoms with Gasteiger partial charge in [-0.15, -0.1) is 0 Å². The van der Waals surface area contributed by atoms with Gasteiger partial charge in [0.15, 0.2) is 18.9 Å². The number of aliphatic hydroxyl groups is 12. The van der Waals surface area contributed by atoms with E-state index in [-0.39, 0.29) is 30.3 Å².